The van der Waals surface area contributed by atoms with Crippen molar-refractivity contribution in [2.45, 2.75) is 19.5 Å². The highest BCUT2D eigenvalue weighted by atomic mass is 79.9. The molecule has 18 heavy (non-hydrogen) atoms. The van der Waals surface area contributed by atoms with Crippen LogP contribution in [0.15, 0.2) is 40.9 Å². The largest absolute Gasteiger partial charge is 0.305 e. The zero-order chi connectivity index (χ0) is 13.0. The molecule has 0 saturated heterocycles. The number of nitriles is 1. The molecule has 4 heteroatoms. The number of benzene rings is 1. The summed E-state index contributed by atoms with van der Waals surface area (Å²) in [5.74, 6) is 0. The van der Waals surface area contributed by atoms with Crippen molar-refractivity contribution in [3.05, 3.63) is 56.2 Å². The monoisotopic (exact) mass is 320 g/mol. The van der Waals surface area contributed by atoms with E-state index in [0.717, 1.165) is 15.9 Å². The Morgan fingerprint density at radius 2 is 2.11 bits per heavy atom. The molecule has 0 bridgehead atoms. The van der Waals surface area contributed by atoms with Crippen LogP contribution < -0.4 is 5.32 Å². The van der Waals surface area contributed by atoms with Crippen molar-refractivity contribution < 1.29 is 0 Å². The van der Waals surface area contributed by atoms with Crippen LogP contribution in [0.2, 0.25) is 0 Å². The Morgan fingerprint density at radius 1 is 1.33 bits per heavy atom. The highest BCUT2D eigenvalue weighted by molar-refractivity contribution is 9.10. The summed E-state index contributed by atoms with van der Waals surface area (Å²) in [5.41, 5.74) is 1.24. The zero-order valence-electron chi connectivity index (χ0n) is 9.98. The molecule has 0 saturated carbocycles. The van der Waals surface area contributed by atoms with Crippen LogP contribution in [0, 0.1) is 11.3 Å². The van der Waals surface area contributed by atoms with Gasteiger partial charge in [-0.2, -0.15) is 5.26 Å². The third kappa shape index (κ3) is 3.20. The van der Waals surface area contributed by atoms with Crippen molar-refractivity contribution in [3.63, 3.8) is 0 Å². The van der Waals surface area contributed by atoms with Gasteiger partial charge in [0.1, 0.15) is 10.9 Å². The molecule has 0 aliphatic heterocycles. The quantitative estimate of drug-likeness (QED) is 0.914. The molecule has 1 N–H and O–H groups in total. The second kappa shape index (κ2) is 6.14. The Hall–Kier alpha value is -1.15. The van der Waals surface area contributed by atoms with Crippen molar-refractivity contribution in [1.82, 2.24) is 5.32 Å². The Bertz CT molecular complexity index is 571. The van der Waals surface area contributed by atoms with Gasteiger partial charge in [-0.3, -0.25) is 0 Å². The van der Waals surface area contributed by atoms with E-state index >= 15 is 0 Å². The molecule has 1 aromatic heterocycles. The number of halogens is 1. The summed E-state index contributed by atoms with van der Waals surface area (Å²) in [6.45, 7) is 2.92. The summed E-state index contributed by atoms with van der Waals surface area (Å²) in [5, 5.41) is 12.2. The summed E-state index contributed by atoms with van der Waals surface area (Å²) in [6, 6.07) is 14.5. The van der Waals surface area contributed by atoms with Crippen LogP contribution in [0.1, 0.15) is 28.3 Å². The van der Waals surface area contributed by atoms with Crippen molar-refractivity contribution >= 4 is 27.3 Å². The van der Waals surface area contributed by atoms with Gasteiger partial charge >= 0.3 is 0 Å². The maximum absolute atomic E-state index is 8.78. The first-order chi connectivity index (χ1) is 8.70. The van der Waals surface area contributed by atoms with Gasteiger partial charge in [-0.1, -0.05) is 34.1 Å². The minimum atomic E-state index is 0.271. The number of thiophene rings is 1. The zero-order valence-corrected chi connectivity index (χ0v) is 12.4. The smallest absolute Gasteiger partial charge is 0.110 e. The van der Waals surface area contributed by atoms with Gasteiger partial charge in [0.2, 0.25) is 0 Å². The molecule has 0 unspecified atom stereocenters. The van der Waals surface area contributed by atoms with E-state index in [0.29, 0.717) is 0 Å². The third-order valence-electron chi connectivity index (χ3n) is 2.73. The lowest BCUT2D eigenvalue weighted by molar-refractivity contribution is 0.577. The van der Waals surface area contributed by atoms with Gasteiger partial charge in [-0.05, 0) is 30.7 Å². The Balaban J connectivity index is 1.98. The van der Waals surface area contributed by atoms with Crippen LogP contribution in [0.5, 0.6) is 0 Å². The standard InChI is InChI=1S/C14H13BrN2S/c1-10(13-4-2-3-5-14(13)15)17-9-12-7-6-11(8-16)18-12/h2-7,10,17H,9H2,1H3/t10-/m1/s1. The van der Waals surface area contributed by atoms with Crippen molar-refractivity contribution in [2.24, 2.45) is 0 Å². The lowest BCUT2D eigenvalue weighted by Gasteiger charge is -2.15. The van der Waals surface area contributed by atoms with E-state index in [4.69, 9.17) is 5.26 Å². The second-order valence-electron chi connectivity index (χ2n) is 4.00. The first-order valence-electron chi connectivity index (χ1n) is 5.67. The Labute approximate surface area is 119 Å². The molecule has 1 aromatic carbocycles. The molecular weight excluding hydrogens is 308 g/mol. The van der Waals surface area contributed by atoms with Crippen LogP contribution in [-0.4, -0.2) is 0 Å². The van der Waals surface area contributed by atoms with Crippen LogP contribution in [-0.2, 0) is 6.54 Å². The molecule has 2 aromatic rings. The molecule has 0 fully saturated rings. The molecule has 0 aliphatic carbocycles. The molecule has 0 spiro atoms. The van der Waals surface area contributed by atoms with Gasteiger partial charge in [0.15, 0.2) is 0 Å². The highest BCUT2D eigenvalue weighted by Crippen LogP contribution is 2.23. The predicted molar refractivity (Wildman–Crippen MR) is 78.4 cm³/mol. The molecule has 1 atom stereocenters. The first kappa shape index (κ1) is 13.3. The van der Waals surface area contributed by atoms with Crippen LogP contribution in [0.25, 0.3) is 0 Å². The van der Waals surface area contributed by atoms with Gasteiger partial charge < -0.3 is 5.32 Å². The average molecular weight is 321 g/mol. The van der Waals surface area contributed by atoms with E-state index in [2.05, 4.69) is 40.3 Å². The maximum Gasteiger partial charge on any atom is 0.110 e. The second-order valence-corrected chi connectivity index (χ2v) is 6.02. The van der Waals surface area contributed by atoms with Gasteiger partial charge in [-0.15, -0.1) is 11.3 Å². The van der Waals surface area contributed by atoms with Gasteiger partial charge in [0, 0.05) is 21.9 Å². The minimum Gasteiger partial charge on any atom is -0.305 e. The SMILES string of the molecule is C[C@@H](NCc1ccc(C#N)s1)c1ccccc1Br. The minimum absolute atomic E-state index is 0.271. The molecule has 92 valence electrons. The van der Waals surface area contributed by atoms with E-state index in [-0.39, 0.29) is 6.04 Å². The normalized spacial score (nSPS) is 12.1. The van der Waals surface area contributed by atoms with E-state index < -0.39 is 0 Å². The van der Waals surface area contributed by atoms with E-state index in [1.54, 1.807) is 0 Å². The number of nitrogens with one attached hydrogen (secondary N) is 1. The molecule has 2 rings (SSSR count). The number of hydrogen-bond donors (Lipinski definition) is 1. The number of nitrogens with zero attached hydrogens (tertiary/aromatic N) is 1. The van der Waals surface area contributed by atoms with Crippen LogP contribution in [0.4, 0.5) is 0 Å². The Kier molecular flexibility index (Phi) is 4.54. The summed E-state index contributed by atoms with van der Waals surface area (Å²) in [6.07, 6.45) is 0. The summed E-state index contributed by atoms with van der Waals surface area (Å²) in [4.78, 5) is 1.95. The van der Waals surface area contributed by atoms with Crippen LogP contribution >= 0.6 is 27.3 Å². The van der Waals surface area contributed by atoms with E-state index in [9.17, 15) is 0 Å². The van der Waals surface area contributed by atoms with Gasteiger partial charge in [0.05, 0.1) is 0 Å². The molecule has 2 nitrogen and oxygen atoms in total. The molecule has 0 aliphatic rings. The molecule has 1 heterocycles. The molecule has 0 amide bonds. The van der Waals surface area contributed by atoms with E-state index in [1.807, 2.05) is 30.3 Å². The van der Waals surface area contributed by atoms with Crippen LogP contribution in [0.3, 0.4) is 0 Å². The van der Waals surface area contributed by atoms with Crippen molar-refractivity contribution in [2.75, 3.05) is 0 Å². The topological polar surface area (TPSA) is 35.8 Å². The third-order valence-corrected chi connectivity index (χ3v) is 4.44. The van der Waals surface area contributed by atoms with Crippen molar-refractivity contribution in [1.29, 1.82) is 5.26 Å². The maximum atomic E-state index is 8.78. The fourth-order valence-corrected chi connectivity index (χ4v) is 3.11. The average Bonchev–Trinajstić information content (AvgIpc) is 2.84. The summed E-state index contributed by atoms with van der Waals surface area (Å²) >= 11 is 5.10. The number of rotatable bonds is 4. The summed E-state index contributed by atoms with van der Waals surface area (Å²) in [7, 11) is 0. The fraction of sp³-hybridized carbons (Fsp3) is 0.214. The van der Waals surface area contributed by atoms with Gasteiger partial charge in [0.25, 0.3) is 0 Å². The lowest BCUT2D eigenvalue weighted by atomic mass is 10.1. The summed E-state index contributed by atoms with van der Waals surface area (Å²) < 4.78 is 1.12. The molecular formula is C14H13BrN2S. The first-order valence-corrected chi connectivity index (χ1v) is 7.28. The number of hydrogen-bond acceptors (Lipinski definition) is 3. The highest BCUT2D eigenvalue weighted by Gasteiger charge is 2.08. The van der Waals surface area contributed by atoms with Gasteiger partial charge in [-0.25, -0.2) is 0 Å². The molecule has 0 radical (unpaired) electrons. The van der Waals surface area contributed by atoms with E-state index in [1.165, 1.54) is 21.8 Å². The Morgan fingerprint density at radius 3 is 2.78 bits per heavy atom. The van der Waals surface area contributed by atoms with Crippen molar-refractivity contribution in [3.8, 4) is 6.07 Å². The lowest BCUT2D eigenvalue weighted by Crippen LogP contribution is -2.17. The predicted octanol–water partition coefficient (Wildman–Crippen LogP) is 4.23. The fourth-order valence-electron chi connectivity index (χ4n) is 1.72.